The van der Waals surface area contributed by atoms with E-state index in [0.717, 1.165) is 11.4 Å². The lowest BCUT2D eigenvalue weighted by molar-refractivity contribution is -0.117. The zero-order valence-electron chi connectivity index (χ0n) is 14.8. The van der Waals surface area contributed by atoms with Gasteiger partial charge in [-0.15, -0.1) is 0 Å². The third-order valence-electron chi connectivity index (χ3n) is 4.52. The van der Waals surface area contributed by atoms with E-state index >= 15 is 0 Å². The molecule has 0 saturated heterocycles. The molecule has 0 unspecified atom stereocenters. The Hall–Kier alpha value is -2.47. The minimum absolute atomic E-state index is 0.260. The molecule has 0 spiro atoms. The number of aromatic nitrogens is 1. The monoisotopic (exact) mass is 414 g/mol. The average Bonchev–Trinajstić information content (AvgIpc) is 2.81. The summed E-state index contributed by atoms with van der Waals surface area (Å²) in [6.07, 6.45) is 4.54. The number of halogens is 1. The fourth-order valence-corrected chi connectivity index (χ4v) is 3.56. The van der Waals surface area contributed by atoms with E-state index in [-0.39, 0.29) is 17.8 Å². The lowest BCUT2D eigenvalue weighted by atomic mass is 9.83. The van der Waals surface area contributed by atoms with Crippen LogP contribution in [0, 0.1) is 0 Å². The van der Waals surface area contributed by atoms with Crippen molar-refractivity contribution >= 4 is 33.4 Å². The number of anilines is 1. The van der Waals surface area contributed by atoms with Gasteiger partial charge in [-0.05, 0) is 33.6 Å². The van der Waals surface area contributed by atoms with Crippen LogP contribution in [0.4, 0.5) is 5.69 Å². The molecule has 134 valence electrons. The number of likely N-dealkylation sites (N-methyl/N-ethyl adjacent to an activating group) is 1. The van der Waals surface area contributed by atoms with Crippen molar-refractivity contribution in [3.63, 3.8) is 0 Å². The largest absolute Gasteiger partial charge is 0.454 e. The van der Waals surface area contributed by atoms with Gasteiger partial charge >= 0.3 is 5.97 Å². The van der Waals surface area contributed by atoms with Gasteiger partial charge in [-0.25, -0.2) is 4.79 Å². The Morgan fingerprint density at radius 1 is 1.27 bits per heavy atom. The van der Waals surface area contributed by atoms with Crippen molar-refractivity contribution in [1.82, 2.24) is 4.98 Å². The van der Waals surface area contributed by atoms with Gasteiger partial charge in [-0.3, -0.25) is 9.78 Å². The van der Waals surface area contributed by atoms with E-state index in [0.29, 0.717) is 10.0 Å². The second kappa shape index (κ2) is 7.03. The van der Waals surface area contributed by atoms with Gasteiger partial charge in [0.15, 0.2) is 12.4 Å². The fraction of sp³-hybridized carbons (Fsp3) is 0.250. The third-order valence-corrected chi connectivity index (χ3v) is 4.96. The van der Waals surface area contributed by atoms with E-state index < -0.39 is 5.97 Å². The zero-order chi connectivity index (χ0) is 18.9. The number of para-hydroxylation sites is 1. The zero-order valence-corrected chi connectivity index (χ0v) is 16.4. The van der Waals surface area contributed by atoms with E-state index in [1.54, 1.807) is 18.3 Å². The first kappa shape index (κ1) is 18.3. The molecule has 2 heterocycles. The number of pyridine rings is 1. The SMILES string of the molecule is CN1/C(=C\C(=O)COC(=O)c2cncc(Br)c2)C(C)(C)c2ccccc21. The summed E-state index contributed by atoms with van der Waals surface area (Å²) in [5.41, 5.74) is 3.13. The number of carbonyl (C=O) groups excluding carboxylic acids is 2. The lowest BCUT2D eigenvalue weighted by Gasteiger charge is -2.23. The Bertz CT molecular complexity index is 905. The summed E-state index contributed by atoms with van der Waals surface area (Å²) in [5.74, 6) is -0.836. The van der Waals surface area contributed by atoms with Crippen molar-refractivity contribution in [1.29, 1.82) is 0 Å². The second-order valence-electron chi connectivity index (χ2n) is 6.67. The van der Waals surface area contributed by atoms with Crippen molar-refractivity contribution in [3.8, 4) is 0 Å². The number of rotatable bonds is 4. The molecule has 1 aliphatic rings. The van der Waals surface area contributed by atoms with Crippen LogP contribution < -0.4 is 4.90 Å². The van der Waals surface area contributed by atoms with Crippen LogP contribution in [-0.4, -0.2) is 30.4 Å². The van der Waals surface area contributed by atoms with Gasteiger partial charge in [-0.1, -0.05) is 32.0 Å². The number of carbonyl (C=O) groups is 2. The Balaban J connectivity index is 1.72. The Morgan fingerprint density at radius 2 is 2.00 bits per heavy atom. The maximum atomic E-state index is 12.4. The van der Waals surface area contributed by atoms with Crippen LogP contribution in [0.5, 0.6) is 0 Å². The Kier molecular flexibility index (Phi) is 4.96. The second-order valence-corrected chi connectivity index (χ2v) is 7.58. The minimum atomic E-state index is -0.576. The number of ether oxygens (including phenoxy) is 1. The molecule has 1 aliphatic heterocycles. The highest BCUT2D eigenvalue weighted by Crippen LogP contribution is 2.46. The Morgan fingerprint density at radius 3 is 2.69 bits per heavy atom. The number of ketones is 1. The molecule has 0 saturated carbocycles. The van der Waals surface area contributed by atoms with Crippen molar-refractivity contribution < 1.29 is 14.3 Å². The Labute approximate surface area is 160 Å². The van der Waals surface area contributed by atoms with Crippen molar-refractivity contribution in [2.45, 2.75) is 19.3 Å². The first-order valence-corrected chi connectivity index (χ1v) is 8.96. The van der Waals surface area contributed by atoms with Crippen LogP contribution in [-0.2, 0) is 14.9 Å². The van der Waals surface area contributed by atoms with E-state index in [1.165, 1.54) is 11.8 Å². The van der Waals surface area contributed by atoms with Crippen LogP contribution in [0.3, 0.4) is 0 Å². The molecule has 5 nitrogen and oxygen atoms in total. The maximum absolute atomic E-state index is 12.4. The number of hydrogen-bond donors (Lipinski definition) is 0. The predicted octanol–water partition coefficient (Wildman–Crippen LogP) is 3.88. The summed E-state index contributed by atoms with van der Waals surface area (Å²) in [7, 11) is 1.94. The summed E-state index contributed by atoms with van der Waals surface area (Å²) in [4.78, 5) is 30.3. The standard InChI is InChI=1S/C20H19BrN2O3/c1-20(2)16-6-4-5-7-17(16)23(3)18(20)9-15(24)12-26-19(25)13-8-14(21)11-22-10-13/h4-11H,12H2,1-3H3/b18-9-. The van der Waals surface area contributed by atoms with Gasteiger partial charge in [0, 0.05) is 46.8 Å². The van der Waals surface area contributed by atoms with E-state index in [9.17, 15) is 9.59 Å². The first-order valence-electron chi connectivity index (χ1n) is 8.16. The molecular weight excluding hydrogens is 396 g/mol. The first-order chi connectivity index (χ1) is 12.3. The predicted molar refractivity (Wildman–Crippen MR) is 103 cm³/mol. The highest BCUT2D eigenvalue weighted by atomic mass is 79.9. The molecule has 26 heavy (non-hydrogen) atoms. The van der Waals surface area contributed by atoms with Gasteiger partial charge in [-0.2, -0.15) is 0 Å². The summed E-state index contributed by atoms with van der Waals surface area (Å²) < 4.78 is 5.80. The van der Waals surface area contributed by atoms with E-state index in [1.807, 2.05) is 30.1 Å². The normalized spacial score (nSPS) is 16.5. The molecule has 3 rings (SSSR count). The van der Waals surface area contributed by atoms with E-state index in [2.05, 4.69) is 40.8 Å². The van der Waals surface area contributed by atoms with Gasteiger partial charge in [0.05, 0.1) is 5.56 Å². The van der Waals surface area contributed by atoms with Crippen molar-refractivity contribution in [2.75, 3.05) is 18.6 Å². The number of hydrogen-bond acceptors (Lipinski definition) is 5. The molecule has 0 bridgehead atoms. The molecule has 0 fully saturated rings. The highest BCUT2D eigenvalue weighted by molar-refractivity contribution is 9.10. The third kappa shape index (κ3) is 3.42. The number of nitrogens with zero attached hydrogens (tertiary/aromatic N) is 2. The molecule has 6 heteroatoms. The highest BCUT2D eigenvalue weighted by Gasteiger charge is 2.38. The number of fused-ring (bicyclic) bond motifs is 1. The van der Waals surface area contributed by atoms with Gasteiger partial charge in [0.2, 0.25) is 0 Å². The molecular formula is C20H19BrN2O3. The lowest BCUT2D eigenvalue weighted by Crippen LogP contribution is -2.25. The van der Waals surface area contributed by atoms with Gasteiger partial charge in [0.25, 0.3) is 0 Å². The molecule has 0 N–H and O–H groups in total. The number of benzene rings is 1. The quantitative estimate of drug-likeness (QED) is 0.560. The molecule has 0 amide bonds. The maximum Gasteiger partial charge on any atom is 0.340 e. The van der Waals surface area contributed by atoms with Crippen LogP contribution in [0.25, 0.3) is 0 Å². The van der Waals surface area contributed by atoms with Crippen LogP contribution in [0.2, 0.25) is 0 Å². The number of esters is 1. The van der Waals surface area contributed by atoms with Crippen LogP contribution >= 0.6 is 15.9 Å². The van der Waals surface area contributed by atoms with Crippen molar-refractivity contribution in [2.24, 2.45) is 0 Å². The van der Waals surface area contributed by atoms with Crippen molar-refractivity contribution in [3.05, 3.63) is 70.1 Å². The van der Waals surface area contributed by atoms with E-state index in [4.69, 9.17) is 4.74 Å². The topological polar surface area (TPSA) is 59.5 Å². The fourth-order valence-electron chi connectivity index (χ4n) is 3.20. The smallest absolute Gasteiger partial charge is 0.340 e. The number of allylic oxidation sites excluding steroid dienone is 1. The molecule has 1 aromatic heterocycles. The molecule has 0 aliphatic carbocycles. The van der Waals surface area contributed by atoms with Gasteiger partial charge < -0.3 is 9.64 Å². The molecule has 0 atom stereocenters. The summed E-state index contributed by atoms with van der Waals surface area (Å²) in [5, 5.41) is 0. The molecule has 0 radical (unpaired) electrons. The summed E-state index contributed by atoms with van der Waals surface area (Å²) in [6.45, 7) is 3.84. The molecule has 1 aromatic carbocycles. The van der Waals surface area contributed by atoms with Crippen LogP contribution in [0.1, 0.15) is 29.8 Å². The van der Waals surface area contributed by atoms with Crippen LogP contribution in [0.15, 0.2) is 59.0 Å². The summed E-state index contributed by atoms with van der Waals surface area (Å²) >= 11 is 3.25. The van der Waals surface area contributed by atoms with Gasteiger partial charge in [0.1, 0.15) is 0 Å². The molecule has 2 aromatic rings. The average molecular weight is 415 g/mol. The minimum Gasteiger partial charge on any atom is -0.454 e. The summed E-state index contributed by atoms with van der Waals surface area (Å²) in [6, 6.07) is 9.67.